The Labute approximate surface area is 156 Å². The zero-order valence-corrected chi connectivity index (χ0v) is 15.5. The van der Waals surface area contributed by atoms with Crippen LogP contribution >= 0.6 is 22.7 Å². The van der Waals surface area contributed by atoms with Crippen molar-refractivity contribution in [2.45, 2.75) is 19.5 Å². The number of hydrogen-bond donors (Lipinski definition) is 1. The van der Waals surface area contributed by atoms with E-state index in [-0.39, 0.29) is 5.91 Å². The number of amides is 1. The summed E-state index contributed by atoms with van der Waals surface area (Å²) in [5.41, 5.74) is 7.18. The van der Waals surface area contributed by atoms with Crippen LogP contribution in [0.4, 0.5) is 9.52 Å². The van der Waals surface area contributed by atoms with Gasteiger partial charge in [-0.1, -0.05) is 23.5 Å². The van der Waals surface area contributed by atoms with Gasteiger partial charge in [-0.15, -0.1) is 11.3 Å². The van der Waals surface area contributed by atoms with Crippen molar-refractivity contribution in [2.24, 2.45) is 5.92 Å². The molecule has 4 aromatic rings. The molecule has 1 aliphatic rings. The molecule has 1 amide bonds. The number of nitrogens with one attached hydrogen (secondary N) is 1. The summed E-state index contributed by atoms with van der Waals surface area (Å²) in [6, 6.07) is 10.2. The first-order valence-electron chi connectivity index (χ1n) is 8.29. The maximum absolute atomic E-state index is 13.0. The fourth-order valence-electron chi connectivity index (χ4n) is 3.15. The Balaban J connectivity index is 1.54. The highest BCUT2D eigenvalue weighted by Gasteiger charge is 2.43. The summed E-state index contributed by atoms with van der Waals surface area (Å²) >= 11 is 3.05. The van der Waals surface area contributed by atoms with Gasteiger partial charge in [0.05, 0.1) is 31.9 Å². The fraction of sp³-hybridized carbons (Fsp3) is 0.211. The molecule has 1 fully saturated rings. The van der Waals surface area contributed by atoms with Crippen LogP contribution in [0.1, 0.15) is 12.0 Å². The first kappa shape index (κ1) is 15.8. The van der Waals surface area contributed by atoms with E-state index < -0.39 is 12.1 Å². The molecule has 1 unspecified atom stereocenters. The van der Waals surface area contributed by atoms with E-state index in [0.29, 0.717) is 11.6 Å². The second-order valence-corrected chi connectivity index (χ2v) is 8.39. The average Bonchev–Trinajstić information content (AvgIpc) is 3.02. The third-order valence-corrected chi connectivity index (χ3v) is 6.46. The number of hydrogen-bond acceptors (Lipinski definition) is 5. The molecule has 4 nitrogen and oxygen atoms in total. The van der Waals surface area contributed by atoms with E-state index in [1.54, 1.807) is 11.3 Å². The number of halogens is 1. The molecular formula is C19H14FN3OS2. The van der Waals surface area contributed by atoms with Crippen molar-refractivity contribution >= 4 is 54.1 Å². The molecule has 2 aromatic carbocycles. The van der Waals surface area contributed by atoms with E-state index in [1.165, 1.54) is 27.2 Å². The fourth-order valence-corrected chi connectivity index (χ4v) is 4.97. The van der Waals surface area contributed by atoms with Crippen LogP contribution in [0, 0.1) is 12.8 Å². The highest BCUT2D eigenvalue weighted by molar-refractivity contribution is 7.22. The Kier molecular flexibility index (Phi) is 3.55. The van der Waals surface area contributed by atoms with E-state index in [4.69, 9.17) is 0 Å². The van der Waals surface area contributed by atoms with Crippen LogP contribution in [-0.2, 0) is 4.79 Å². The lowest BCUT2D eigenvalue weighted by Gasteiger charge is -2.07. The van der Waals surface area contributed by atoms with Crippen molar-refractivity contribution < 1.29 is 9.18 Å². The summed E-state index contributed by atoms with van der Waals surface area (Å²) in [4.78, 5) is 20.8. The molecule has 0 spiro atoms. The standard InChI is InChI=1S/C19H14FN3OS2/c1-9-2-4-14-17(25-8-21-14)16(9)10-3-5-13-15(6-10)26-19(22-13)23-18(24)11-7-12(11)20/h2-6,8,11-12H,7H2,1H3,(H,22,23,24)/t11?,12-/m0/s1. The second kappa shape index (κ2) is 5.82. The molecule has 7 heteroatoms. The molecule has 130 valence electrons. The summed E-state index contributed by atoms with van der Waals surface area (Å²) in [5.74, 6) is -0.786. The van der Waals surface area contributed by atoms with Gasteiger partial charge in [-0.05, 0) is 42.7 Å². The summed E-state index contributed by atoms with van der Waals surface area (Å²) in [5, 5.41) is 3.26. The number of fused-ring (bicyclic) bond motifs is 2. The van der Waals surface area contributed by atoms with Gasteiger partial charge in [-0.3, -0.25) is 4.79 Å². The SMILES string of the molecule is Cc1ccc2ncsc2c1-c1ccc2nc(NC(=O)C3C[C@@H]3F)sc2c1. The van der Waals surface area contributed by atoms with Gasteiger partial charge in [0.2, 0.25) is 5.91 Å². The predicted molar refractivity (Wildman–Crippen MR) is 105 cm³/mol. The van der Waals surface area contributed by atoms with Crippen molar-refractivity contribution in [1.82, 2.24) is 9.97 Å². The summed E-state index contributed by atoms with van der Waals surface area (Å²) in [6.07, 6.45) is -0.683. The molecule has 26 heavy (non-hydrogen) atoms. The minimum Gasteiger partial charge on any atom is -0.302 e. The predicted octanol–water partition coefficient (Wildman–Crippen LogP) is 5.18. The Hall–Kier alpha value is -2.38. The lowest BCUT2D eigenvalue weighted by atomic mass is 10.00. The minimum atomic E-state index is -1.00. The first-order valence-corrected chi connectivity index (χ1v) is 9.98. The van der Waals surface area contributed by atoms with Crippen LogP contribution in [0.2, 0.25) is 0 Å². The molecule has 0 bridgehead atoms. The topological polar surface area (TPSA) is 54.9 Å². The van der Waals surface area contributed by atoms with Gasteiger partial charge < -0.3 is 5.32 Å². The van der Waals surface area contributed by atoms with E-state index >= 15 is 0 Å². The Morgan fingerprint density at radius 3 is 2.88 bits per heavy atom. The smallest absolute Gasteiger partial charge is 0.232 e. The van der Waals surface area contributed by atoms with Crippen molar-refractivity contribution in [2.75, 3.05) is 5.32 Å². The van der Waals surface area contributed by atoms with Gasteiger partial charge in [0.15, 0.2) is 5.13 Å². The molecule has 0 aliphatic heterocycles. The number of aryl methyl sites for hydroxylation is 1. The number of aromatic nitrogens is 2. The van der Waals surface area contributed by atoms with Gasteiger partial charge in [0, 0.05) is 5.56 Å². The molecule has 0 radical (unpaired) electrons. The summed E-state index contributed by atoms with van der Waals surface area (Å²) in [7, 11) is 0. The van der Waals surface area contributed by atoms with Crippen molar-refractivity contribution in [3.05, 3.63) is 41.4 Å². The van der Waals surface area contributed by atoms with Crippen LogP contribution in [0.5, 0.6) is 0 Å². The maximum Gasteiger partial charge on any atom is 0.232 e. The van der Waals surface area contributed by atoms with Crippen molar-refractivity contribution in [3.63, 3.8) is 0 Å². The normalized spacial score (nSPS) is 19.2. The minimum absolute atomic E-state index is 0.276. The quantitative estimate of drug-likeness (QED) is 0.530. The molecule has 1 aliphatic carbocycles. The highest BCUT2D eigenvalue weighted by Crippen LogP contribution is 2.38. The van der Waals surface area contributed by atoms with Crippen LogP contribution < -0.4 is 5.32 Å². The number of alkyl halides is 1. The number of rotatable bonds is 3. The number of anilines is 1. The Bertz CT molecular complexity index is 1170. The monoisotopic (exact) mass is 383 g/mol. The van der Waals surface area contributed by atoms with Crippen LogP contribution in [0.15, 0.2) is 35.8 Å². The van der Waals surface area contributed by atoms with Crippen molar-refractivity contribution in [1.29, 1.82) is 0 Å². The number of nitrogens with zero attached hydrogens (tertiary/aromatic N) is 2. The van der Waals surface area contributed by atoms with Crippen LogP contribution in [-0.4, -0.2) is 22.0 Å². The lowest BCUT2D eigenvalue weighted by molar-refractivity contribution is -0.117. The second-order valence-electron chi connectivity index (χ2n) is 6.51. The zero-order chi connectivity index (χ0) is 17.8. The Morgan fingerprint density at radius 2 is 2.08 bits per heavy atom. The van der Waals surface area contributed by atoms with Gasteiger partial charge in [-0.2, -0.15) is 0 Å². The van der Waals surface area contributed by atoms with Crippen LogP contribution in [0.25, 0.3) is 31.6 Å². The highest BCUT2D eigenvalue weighted by atomic mass is 32.1. The molecular weight excluding hydrogens is 369 g/mol. The number of carbonyl (C=O) groups is 1. The molecule has 1 N–H and O–H groups in total. The van der Waals surface area contributed by atoms with Gasteiger partial charge >= 0.3 is 0 Å². The van der Waals surface area contributed by atoms with Crippen LogP contribution in [0.3, 0.4) is 0 Å². The third kappa shape index (κ3) is 2.59. The third-order valence-electron chi connectivity index (χ3n) is 4.66. The number of benzene rings is 2. The maximum atomic E-state index is 13.0. The molecule has 2 atom stereocenters. The zero-order valence-electron chi connectivity index (χ0n) is 13.8. The number of carbonyl (C=O) groups excluding carboxylic acids is 1. The Morgan fingerprint density at radius 1 is 1.27 bits per heavy atom. The first-order chi connectivity index (χ1) is 12.6. The van der Waals surface area contributed by atoms with Gasteiger partial charge in [-0.25, -0.2) is 14.4 Å². The summed E-state index contributed by atoms with van der Waals surface area (Å²) in [6.45, 7) is 2.10. The van der Waals surface area contributed by atoms with Crippen molar-refractivity contribution in [3.8, 4) is 11.1 Å². The van der Waals surface area contributed by atoms with E-state index in [1.807, 2.05) is 23.7 Å². The van der Waals surface area contributed by atoms with E-state index in [0.717, 1.165) is 21.3 Å². The lowest BCUT2D eigenvalue weighted by Crippen LogP contribution is -2.14. The number of thiazole rings is 2. The molecule has 0 saturated heterocycles. The van der Waals surface area contributed by atoms with Gasteiger partial charge in [0.25, 0.3) is 0 Å². The van der Waals surface area contributed by atoms with E-state index in [2.05, 4.69) is 34.3 Å². The van der Waals surface area contributed by atoms with E-state index in [9.17, 15) is 9.18 Å². The molecule has 2 aromatic heterocycles. The average molecular weight is 383 g/mol. The van der Waals surface area contributed by atoms with Gasteiger partial charge in [0.1, 0.15) is 6.17 Å². The summed E-state index contributed by atoms with van der Waals surface area (Å²) < 4.78 is 15.2. The largest absolute Gasteiger partial charge is 0.302 e. The molecule has 1 saturated carbocycles. The molecule has 5 rings (SSSR count). The molecule has 2 heterocycles.